The van der Waals surface area contributed by atoms with E-state index in [9.17, 15) is 14.7 Å². The molecule has 1 N–H and O–H groups in total. The van der Waals surface area contributed by atoms with Gasteiger partial charge in [0, 0.05) is 10.0 Å². The Morgan fingerprint density at radius 3 is 2.59 bits per heavy atom. The minimum Gasteiger partial charge on any atom is -0.504 e. The number of allylic oxidation sites excluding steroid dienone is 1. The summed E-state index contributed by atoms with van der Waals surface area (Å²) >= 11 is 4.58. The lowest BCUT2D eigenvalue weighted by Crippen LogP contribution is -2.40. The van der Waals surface area contributed by atoms with Gasteiger partial charge < -0.3 is 19.3 Å². The van der Waals surface area contributed by atoms with Gasteiger partial charge >= 0.3 is 5.97 Å². The quantitative estimate of drug-likeness (QED) is 0.419. The number of aromatic hydroxyl groups is 1. The van der Waals surface area contributed by atoms with Crippen LogP contribution in [0.1, 0.15) is 44.9 Å². The molecule has 1 aliphatic rings. The standard InChI is InChI=1S/C27H27BrN2O6S/c1-6-35-19-9-7-16(8-10-19)23-22(26(33)36-14(2)3)15(4)29-27-30(23)25(32)21(37-27)12-17-11-18(28)13-20(34-5)24(17)31/h7-14,23,31H,6H2,1-5H3/b21-12+/t23-/m0/s1. The Hall–Kier alpha value is -3.37. The zero-order chi connectivity index (χ0) is 26.9. The van der Waals surface area contributed by atoms with E-state index in [1.54, 1.807) is 51.1 Å². The highest BCUT2D eigenvalue weighted by Crippen LogP contribution is 2.34. The van der Waals surface area contributed by atoms with Crippen LogP contribution in [0.3, 0.4) is 0 Å². The Morgan fingerprint density at radius 2 is 1.97 bits per heavy atom. The minimum atomic E-state index is -0.744. The van der Waals surface area contributed by atoms with Crippen molar-refractivity contribution in [3.8, 4) is 17.2 Å². The predicted octanol–water partition coefficient (Wildman–Crippen LogP) is 4.06. The van der Waals surface area contributed by atoms with Gasteiger partial charge in [-0.1, -0.05) is 39.4 Å². The van der Waals surface area contributed by atoms with Crippen LogP contribution in [0.2, 0.25) is 0 Å². The third kappa shape index (κ3) is 5.35. The molecule has 2 aromatic carbocycles. The van der Waals surface area contributed by atoms with Gasteiger partial charge in [-0.15, -0.1) is 0 Å². The molecular weight excluding hydrogens is 560 g/mol. The van der Waals surface area contributed by atoms with Crippen molar-refractivity contribution >= 4 is 39.3 Å². The minimum absolute atomic E-state index is 0.0861. The Kier molecular flexibility index (Phi) is 7.89. The lowest BCUT2D eigenvalue weighted by Gasteiger charge is -2.25. The number of hydrogen-bond acceptors (Lipinski definition) is 8. The molecule has 3 aromatic rings. The van der Waals surface area contributed by atoms with Gasteiger partial charge in [-0.05, 0) is 63.6 Å². The van der Waals surface area contributed by atoms with Crippen molar-refractivity contribution in [2.75, 3.05) is 13.7 Å². The summed E-state index contributed by atoms with van der Waals surface area (Å²) in [6, 6.07) is 9.86. The number of methoxy groups -OCH3 is 1. The molecule has 4 rings (SSSR count). The summed E-state index contributed by atoms with van der Waals surface area (Å²) in [5.74, 6) is 0.343. The van der Waals surface area contributed by atoms with Crippen LogP contribution in [-0.2, 0) is 9.53 Å². The Balaban J connectivity index is 1.94. The molecule has 0 bridgehead atoms. The Labute approximate surface area is 226 Å². The van der Waals surface area contributed by atoms with Crippen LogP contribution < -0.4 is 24.4 Å². The first-order valence-electron chi connectivity index (χ1n) is 11.7. The number of halogens is 1. The molecule has 0 amide bonds. The van der Waals surface area contributed by atoms with Crippen LogP contribution in [0.4, 0.5) is 0 Å². The number of carbonyl (C=O) groups is 1. The van der Waals surface area contributed by atoms with E-state index < -0.39 is 12.0 Å². The normalized spacial score (nSPS) is 15.4. The topological polar surface area (TPSA) is 99.4 Å². The molecule has 0 fully saturated rings. The summed E-state index contributed by atoms with van der Waals surface area (Å²) in [7, 11) is 1.45. The molecule has 0 saturated carbocycles. The second-order valence-electron chi connectivity index (χ2n) is 8.58. The number of carbonyl (C=O) groups excluding carboxylic acids is 1. The second-order valence-corrected chi connectivity index (χ2v) is 10.5. The number of esters is 1. The molecule has 0 spiro atoms. The third-order valence-electron chi connectivity index (χ3n) is 5.67. The first-order chi connectivity index (χ1) is 17.6. The average Bonchev–Trinajstić information content (AvgIpc) is 3.14. The lowest BCUT2D eigenvalue weighted by atomic mass is 9.96. The average molecular weight is 587 g/mol. The van der Waals surface area contributed by atoms with Crippen LogP contribution in [0.5, 0.6) is 17.2 Å². The molecule has 1 aliphatic heterocycles. The number of phenolic OH excluding ortho intramolecular Hbond substituents is 1. The van der Waals surface area contributed by atoms with Crippen molar-refractivity contribution in [2.45, 2.75) is 39.8 Å². The van der Waals surface area contributed by atoms with E-state index >= 15 is 0 Å². The molecule has 1 atom stereocenters. The van der Waals surface area contributed by atoms with Crippen molar-refractivity contribution in [3.05, 3.63) is 83.0 Å². The SMILES string of the molecule is CCOc1ccc([C@H]2C(C(=O)OC(C)C)=C(C)N=c3s/c(=C/c4cc(Br)cc(OC)c4O)c(=O)n32)cc1. The molecule has 10 heteroatoms. The smallest absolute Gasteiger partial charge is 0.338 e. The van der Waals surface area contributed by atoms with Crippen molar-refractivity contribution in [1.29, 1.82) is 0 Å². The molecule has 8 nitrogen and oxygen atoms in total. The highest BCUT2D eigenvalue weighted by atomic mass is 79.9. The number of hydrogen-bond donors (Lipinski definition) is 1. The van der Waals surface area contributed by atoms with Crippen LogP contribution >= 0.6 is 27.3 Å². The predicted molar refractivity (Wildman–Crippen MR) is 145 cm³/mol. The van der Waals surface area contributed by atoms with Crippen LogP contribution in [0.25, 0.3) is 6.08 Å². The van der Waals surface area contributed by atoms with Crippen molar-refractivity contribution in [2.24, 2.45) is 4.99 Å². The maximum atomic E-state index is 13.8. The van der Waals surface area contributed by atoms with Gasteiger partial charge in [0.2, 0.25) is 0 Å². The number of nitrogens with zero attached hydrogens (tertiary/aromatic N) is 2. The Bertz CT molecular complexity index is 1550. The number of phenols is 1. The second kappa shape index (κ2) is 10.9. The molecule has 0 saturated heterocycles. The van der Waals surface area contributed by atoms with Gasteiger partial charge in [-0.25, -0.2) is 9.79 Å². The van der Waals surface area contributed by atoms with E-state index in [1.165, 1.54) is 23.0 Å². The van der Waals surface area contributed by atoms with Crippen molar-refractivity contribution in [1.82, 2.24) is 4.57 Å². The van der Waals surface area contributed by atoms with Crippen LogP contribution in [-0.4, -0.2) is 35.5 Å². The molecule has 0 aliphatic carbocycles. The van der Waals surface area contributed by atoms with E-state index in [0.29, 0.717) is 48.6 Å². The largest absolute Gasteiger partial charge is 0.504 e. The van der Waals surface area contributed by atoms with Gasteiger partial charge in [0.05, 0.1) is 41.7 Å². The summed E-state index contributed by atoms with van der Waals surface area (Å²) in [4.78, 5) is 32.0. The molecule has 2 heterocycles. The summed E-state index contributed by atoms with van der Waals surface area (Å²) in [6.45, 7) is 7.70. The zero-order valence-corrected chi connectivity index (χ0v) is 23.5. The van der Waals surface area contributed by atoms with Gasteiger partial charge in [-0.3, -0.25) is 9.36 Å². The molecule has 0 unspecified atom stereocenters. The highest BCUT2D eigenvalue weighted by Gasteiger charge is 2.33. The first kappa shape index (κ1) is 26.7. The van der Waals surface area contributed by atoms with E-state index in [4.69, 9.17) is 14.2 Å². The molecule has 0 radical (unpaired) electrons. The number of aromatic nitrogens is 1. The van der Waals surface area contributed by atoms with E-state index in [1.807, 2.05) is 19.1 Å². The maximum Gasteiger partial charge on any atom is 0.338 e. The monoisotopic (exact) mass is 586 g/mol. The molecular formula is C27H27BrN2O6S. The van der Waals surface area contributed by atoms with Crippen LogP contribution in [0, 0.1) is 0 Å². The third-order valence-corrected chi connectivity index (χ3v) is 7.11. The van der Waals surface area contributed by atoms with E-state index in [0.717, 1.165) is 0 Å². The van der Waals surface area contributed by atoms with E-state index in [2.05, 4.69) is 20.9 Å². The first-order valence-corrected chi connectivity index (χ1v) is 13.3. The zero-order valence-electron chi connectivity index (χ0n) is 21.1. The summed E-state index contributed by atoms with van der Waals surface area (Å²) in [5, 5.41) is 10.6. The summed E-state index contributed by atoms with van der Waals surface area (Å²) in [6.07, 6.45) is 1.25. The number of ether oxygens (including phenoxy) is 3. The fraction of sp³-hybridized carbons (Fsp3) is 0.296. The lowest BCUT2D eigenvalue weighted by molar-refractivity contribution is -0.143. The highest BCUT2D eigenvalue weighted by molar-refractivity contribution is 9.10. The van der Waals surface area contributed by atoms with Crippen molar-refractivity contribution < 1.29 is 24.1 Å². The molecule has 1 aromatic heterocycles. The number of thiazole rings is 1. The Morgan fingerprint density at radius 1 is 1.27 bits per heavy atom. The summed E-state index contributed by atoms with van der Waals surface area (Å²) in [5.41, 5.74) is 1.55. The fourth-order valence-corrected chi connectivity index (χ4v) is 5.58. The summed E-state index contributed by atoms with van der Waals surface area (Å²) < 4.78 is 18.9. The van der Waals surface area contributed by atoms with E-state index in [-0.39, 0.29) is 23.2 Å². The van der Waals surface area contributed by atoms with Crippen LogP contribution in [0.15, 0.2) is 61.9 Å². The number of rotatable bonds is 7. The number of benzene rings is 2. The fourth-order valence-electron chi connectivity index (χ4n) is 4.09. The number of fused-ring (bicyclic) bond motifs is 1. The molecule has 37 heavy (non-hydrogen) atoms. The van der Waals surface area contributed by atoms with Crippen molar-refractivity contribution in [3.63, 3.8) is 0 Å². The molecule has 194 valence electrons. The van der Waals surface area contributed by atoms with Gasteiger partial charge in [-0.2, -0.15) is 0 Å². The van der Waals surface area contributed by atoms with Gasteiger partial charge in [0.1, 0.15) is 5.75 Å². The van der Waals surface area contributed by atoms with Gasteiger partial charge in [0.15, 0.2) is 16.3 Å². The van der Waals surface area contributed by atoms with Gasteiger partial charge in [0.25, 0.3) is 5.56 Å². The maximum absolute atomic E-state index is 13.8.